The van der Waals surface area contributed by atoms with Crippen LogP contribution in [0.3, 0.4) is 0 Å². The third kappa shape index (κ3) is 5.25. The number of likely N-dealkylation sites (tertiary alicyclic amines) is 1. The summed E-state index contributed by atoms with van der Waals surface area (Å²) < 4.78 is 0. The number of aliphatic hydroxyl groups excluding tert-OH is 1. The molecule has 3 nitrogen and oxygen atoms in total. The standard InChI is InChI=1S/C15H32N2O/c1-14(2)7-5-10-17(12-9-14)11-6-8-15(3,13-18)16-4/h16,18H,5-13H2,1-4H3. The first-order valence-corrected chi connectivity index (χ1v) is 7.43. The Morgan fingerprint density at radius 1 is 1.28 bits per heavy atom. The van der Waals surface area contributed by atoms with Gasteiger partial charge in [-0.2, -0.15) is 0 Å². The Morgan fingerprint density at radius 3 is 2.61 bits per heavy atom. The minimum Gasteiger partial charge on any atom is -0.394 e. The molecule has 1 fully saturated rings. The third-order valence-corrected chi connectivity index (χ3v) is 4.59. The van der Waals surface area contributed by atoms with E-state index >= 15 is 0 Å². The molecule has 0 bridgehead atoms. The summed E-state index contributed by atoms with van der Waals surface area (Å²) >= 11 is 0. The van der Waals surface area contributed by atoms with Gasteiger partial charge in [-0.25, -0.2) is 0 Å². The van der Waals surface area contributed by atoms with Gasteiger partial charge in [0.1, 0.15) is 0 Å². The maximum atomic E-state index is 9.36. The van der Waals surface area contributed by atoms with Gasteiger partial charge in [-0.1, -0.05) is 13.8 Å². The van der Waals surface area contributed by atoms with E-state index in [4.69, 9.17) is 0 Å². The Kier molecular flexibility index (Phi) is 6.09. The van der Waals surface area contributed by atoms with Crippen molar-refractivity contribution in [1.29, 1.82) is 0 Å². The highest BCUT2D eigenvalue weighted by Gasteiger charge is 2.24. The van der Waals surface area contributed by atoms with E-state index in [9.17, 15) is 5.11 Å². The van der Waals surface area contributed by atoms with Gasteiger partial charge in [-0.05, 0) is 71.1 Å². The molecule has 0 amide bonds. The van der Waals surface area contributed by atoms with Crippen molar-refractivity contribution in [3.63, 3.8) is 0 Å². The van der Waals surface area contributed by atoms with Crippen molar-refractivity contribution in [3.8, 4) is 0 Å². The summed E-state index contributed by atoms with van der Waals surface area (Å²) in [4.78, 5) is 2.60. The molecule has 108 valence electrons. The van der Waals surface area contributed by atoms with Gasteiger partial charge in [0.15, 0.2) is 0 Å². The quantitative estimate of drug-likeness (QED) is 0.765. The van der Waals surface area contributed by atoms with E-state index < -0.39 is 0 Å². The van der Waals surface area contributed by atoms with E-state index in [1.807, 2.05) is 7.05 Å². The second-order valence-electron chi connectivity index (χ2n) is 6.93. The Bertz CT molecular complexity index is 237. The fourth-order valence-electron chi connectivity index (χ4n) is 2.68. The largest absolute Gasteiger partial charge is 0.394 e. The van der Waals surface area contributed by atoms with Crippen LogP contribution in [0.4, 0.5) is 0 Å². The average molecular weight is 256 g/mol. The minimum atomic E-state index is -0.106. The average Bonchev–Trinajstić information content (AvgIpc) is 2.51. The lowest BCUT2D eigenvalue weighted by atomic mass is 9.85. The van der Waals surface area contributed by atoms with Crippen LogP contribution in [-0.4, -0.2) is 48.8 Å². The van der Waals surface area contributed by atoms with Crippen LogP contribution in [0.15, 0.2) is 0 Å². The highest BCUT2D eigenvalue weighted by atomic mass is 16.3. The predicted octanol–water partition coefficient (Wildman–Crippen LogP) is 2.25. The van der Waals surface area contributed by atoms with Crippen molar-refractivity contribution in [2.75, 3.05) is 33.3 Å². The van der Waals surface area contributed by atoms with E-state index in [0.717, 1.165) is 6.42 Å². The lowest BCUT2D eigenvalue weighted by Gasteiger charge is -2.28. The molecule has 0 saturated carbocycles. The Balaban J connectivity index is 2.27. The van der Waals surface area contributed by atoms with Gasteiger partial charge in [0.2, 0.25) is 0 Å². The molecule has 1 unspecified atom stereocenters. The van der Waals surface area contributed by atoms with Gasteiger partial charge in [0.05, 0.1) is 6.61 Å². The number of nitrogens with one attached hydrogen (secondary N) is 1. The fourth-order valence-corrected chi connectivity index (χ4v) is 2.68. The molecule has 0 aliphatic carbocycles. The zero-order chi connectivity index (χ0) is 13.6. The van der Waals surface area contributed by atoms with Crippen LogP contribution in [-0.2, 0) is 0 Å². The van der Waals surface area contributed by atoms with Gasteiger partial charge < -0.3 is 15.3 Å². The van der Waals surface area contributed by atoms with Crippen molar-refractivity contribution in [3.05, 3.63) is 0 Å². The molecule has 0 radical (unpaired) electrons. The summed E-state index contributed by atoms with van der Waals surface area (Å²) in [7, 11) is 1.94. The van der Waals surface area contributed by atoms with Gasteiger partial charge in [-0.3, -0.25) is 0 Å². The number of rotatable bonds is 6. The number of hydrogen-bond donors (Lipinski definition) is 2. The fraction of sp³-hybridized carbons (Fsp3) is 1.00. The summed E-state index contributed by atoms with van der Waals surface area (Å²) in [5.74, 6) is 0. The van der Waals surface area contributed by atoms with Crippen molar-refractivity contribution < 1.29 is 5.11 Å². The maximum absolute atomic E-state index is 9.36. The molecule has 3 heteroatoms. The Morgan fingerprint density at radius 2 is 2.00 bits per heavy atom. The smallest absolute Gasteiger partial charge is 0.0610 e. The highest BCUT2D eigenvalue weighted by Crippen LogP contribution is 2.29. The molecule has 1 heterocycles. The summed E-state index contributed by atoms with van der Waals surface area (Å²) in [6.45, 7) is 10.8. The van der Waals surface area contributed by atoms with Crippen molar-refractivity contribution in [1.82, 2.24) is 10.2 Å². The van der Waals surface area contributed by atoms with Crippen molar-refractivity contribution >= 4 is 0 Å². The van der Waals surface area contributed by atoms with E-state index in [0.29, 0.717) is 5.41 Å². The molecule has 0 aromatic rings. The van der Waals surface area contributed by atoms with Crippen molar-refractivity contribution in [2.24, 2.45) is 5.41 Å². The topological polar surface area (TPSA) is 35.5 Å². The zero-order valence-corrected chi connectivity index (χ0v) is 12.8. The number of hydrogen-bond acceptors (Lipinski definition) is 3. The number of aliphatic hydroxyl groups is 1. The molecule has 1 atom stereocenters. The van der Waals surface area contributed by atoms with Gasteiger partial charge in [0.25, 0.3) is 0 Å². The van der Waals surface area contributed by atoms with Crippen LogP contribution >= 0.6 is 0 Å². The summed E-state index contributed by atoms with van der Waals surface area (Å²) in [5, 5.41) is 12.6. The van der Waals surface area contributed by atoms with E-state index in [2.05, 4.69) is 31.0 Å². The molecule has 1 aliphatic rings. The maximum Gasteiger partial charge on any atom is 0.0610 e. The summed E-state index contributed by atoms with van der Waals surface area (Å²) in [6.07, 6.45) is 6.21. The van der Waals surface area contributed by atoms with E-state index in [1.165, 1.54) is 45.3 Å². The third-order valence-electron chi connectivity index (χ3n) is 4.59. The molecule has 1 saturated heterocycles. The van der Waals surface area contributed by atoms with Crippen LogP contribution < -0.4 is 5.32 Å². The molecular weight excluding hydrogens is 224 g/mol. The van der Waals surface area contributed by atoms with Crippen LogP contribution in [0.2, 0.25) is 0 Å². The molecule has 1 aliphatic heterocycles. The van der Waals surface area contributed by atoms with Crippen LogP contribution in [0.5, 0.6) is 0 Å². The van der Waals surface area contributed by atoms with Crippen LogP contribution in [0.1, 0.15) is 52.9 Å². The summed E-state index contributed by atoms with van der Waals surface area (Å²) in [5.41, 5.74) is 0.421. The van der Waals surface area contributed by atoms with Crippen LogP contribution in [0.25, 0.3) is 0 Å². The number of nitrogens with zero attached hydrogens (tertiary/aromatic N) is 1. The van der Waals surface area contributed by atoms with Crippen molar-refractivity contribution in [2.45, 2.75) is 58.4 Å². The SMILES string of the molecule is CNC(C)(CO)CCCN1CCCC(C)(C)CC1. The first kappa shape index (κ1) is 15.9. The molecule has 0 aromatic heterocycles. The Hall–Kier alpha value is -0.120. The lowest BCUT2D eigenvalue weighted by Crippen LogP contribution is -2.44. The predicted molar refractivity (Wildman–Crippen MR) is 77.9 cm³/mol. The lowest BCUT2D eigenvalue weighted by molar-refractivity contribution is 0.163. The monoisotopic (exact) mass is 256 g/mol. The minimum absolute atomic E-state index is 0.106. The molecule has 0 spiro atoms. The van der Waals surface area contributed by atoms with Gasteiger partial charge in [-0.15, -0.1) is 0 Å². The number of likely N-dealkylation sites (N-methyl/N-ethyl adjacent to an activating group) is 1. The molecule has 0 aromatic carbocycles. The summed E-state index contributed by atoms with van der Waals surface area (Å²) in [6, 6.07) is 0. The molecule has 2 N–H and O–H groups in total. The van der Waals surface area contributed by atoms with Gasteiger partial charge >= 0.3 is 0 Å². The van der Waals surface area contributed by atoms with E-state index in [-0.39, 0.29) is 12.1 Å². The Labute approximate surface area is 113 Å². The highest BCUT2D eigenvalue weighted by molar-refractivity contribution is 4.81. The molecule has 18 heavy (non-hydrogen) atoms. The van der Waals surface area contributed by atoms with Crippen LogP contribution in [0, 0.1) is 5.41 Å². The van der Waals surface area contributed by atoms with Gasteiger partial charge in [0, 0.05) is 5.54 Å². The normalized spacial score (nSPS) is 24.5. The molecule has 1 rings (SSSR count). The first-order valence-electron chi connectivity index (χ1n) is 7.43. The second kappa shape index (κ2) is 6.88. The van der Waals surface area contributed by atoms with E-state index in [1.54, 1.807) is 0 Å². The second-order valence-corrected chi connectivity index (χ2v) is 6.93. The zero-order valence-electron chi connectivity index (χ0n) is 12.8. The molecular formula is C15H32N2O. The first-order chi connectivity index (χ1) is 8.41.